The molecule has 0 spiro atoms. The van der Waals surface area contributed by atoms with E-state index in [9.17, 15) is 4.79 Å². The van der Waals surface area contributed by atoms with Gasteiger partial charge in [-0.05, 0) is 17.7 Å². The molecule has 0 unspecified atom stereocenters. The summed E-state index contributed by atoms with van der Waals surface area (Å²) in [7, 11) is 0. The Morgan fingerprint density at radius 3 is 2.61 bits per heavy atom. The third kappa shape index (κ3) is 2.34. The Morgan fingerprint density at radius 1 is 1.39 bits per heavy atom. The second kappa shape index (κ2) is 4.90. The van der Waals surface area contributed by atoms with Crippen LogP contribution in [0.1, 0.15) is 12.5 Å². The molecule has 5 heteroatoms. The Hall–Kier alpha value is -2.32. The number of rotatable bonds is 2. The molecule has 1 heterocycles. The number of thiophene rings is 1. The van der Waals surface area contributed by atoms with E-state index >= 15 is 0 Å². The molecule has 0 aliphatic rings. The number of carbonyl (C=O) groups excluding carboxylic acids is 1. The van der Waals surface area contributed by atoms with E-state index in [0.717, 1.165) is 16.8 Å². The summed E-state index contributed by atoms with van der Waals surface area (Å²) in [5.74, 6) is -0.111. The lowest BCUT2D eigenvalue weighted by Crippen LogP contribution is -2.05. The van der Waals surface area contributed by atoms with Gasteiger partial charge in [0.25, 0.3) is 0 Å². The molecule has 2 rings (SSSR count). The third-order valence-electron chi connectivity index (χ3n) is 2.45. The number of carbonyl (C=O) groups is 1. The topological polar surface area (TPSA) is 78.9 Å². The van der Waals surface area contributed by atoms with Crippen molar-refractivity contribution in [1.29, 1.82) is 5.26 Å². The van der Waals surface area contributed by atoms with Crippen LogP contribution < -0.4 is 11.1 Å². The van der Waals surface area contributed by atoms with Gasteiger partial charge in [0.15, 0.2) is 0 Å². The van der Waals surface area contributed by atoms with E-state index < -0.39 is 0 Å². The zero-order chi connectivity index (χ0) is 13.1. The molecule has 1 aromatic heterocycles. The highest BCUT2D eigenvalue weighted by molar-refractivity contribution is 7.14. The van der Waals surface area contributed by atoms with Crippen molar-refractivity contribution in [2.75, 3.05) is 11.1 Å². The maximum Gasteiger partial charge on any atom is 0.221 e. The number of nitriles is 1. The Kier molecular flexibility index (Phi) is 3.31. The van der Waals surface area contributed by atoms with Crippen LogP contribution in [0, 0.1) is 11.3 Å². The van der Waals surface area contributed by atoms with Gasteiger partial charge in [-0.25, -0.2) is 0 Å². The molecule has 18 heavy (non-hydrogen) atoms. The second-order valence-corrected chi connectivity index (χ2v) is 4.67. The van der Waals surface area contributed by atoms with Crippen molar-refractivity contribution in [2.45, 2.75) is 6.92 Å². The fraction of sp³-hybridized carbons (Fsp3) is 0.0769. The van der Waals surface area contributed by atoms with Crippen molar-refractivity contribution in [3.63, 3.8) is 0 Å². The molecule has 0 atom stereocenters. The Labute approximate surface area is 109 Å². The Balaban J connectivity index is 2.35. The molecular weight excluding hydrogens is 246 g/mol. The number of anilines is 2. The first-order chi connectivity index (χ1) is 8.61. The van der Waals surface area contributed by atoms with Crippen LogP contribution in [0.15, 0.2) is 29.6 Å². The van der Waals surface area contributed by atoms with Crippen molar-refractivity contribution in [3.05, 3.63) is 35.2 Å². The Bertz CT molecular complexity index is 623. The SMILES string of the molecule is CC(=O)Nc1ccc(-c2csc(N)c2C#N)cc1. The van der Waals surface area contributed by atoms with E-state index in [1.165, 1.54) is 18.3 Å². The predicted octanol–water partition coefficient (Wildman–Crippen LogP) is 2.83. The van der Waals surface area contributed by atoms with E-state index in [1.807, 2.05) is 17.5 Å². The molecule has 1 aromatic carbocycles. The van der Waals surface area contributed by atoms with Crippen molar-refractivity contribution in [1.82, 2.24) is 0 Å². The first-order valence-corrected chi connectivity index (χ1v) is 6.15. The lowest BCUT2D eigenvalue weighted by atomic mass is 10.0. The molecule has 2 aromatic rings. The summed E-state index contributed by atoms with van der Waals surface area (Å²) in [6.07, 6.45) is 0. The fourth-order valence-electron chi connectivity index (χ4n) is 1.64. The minimum absolute atomic E-state index is 0.111. The van der Waals surface area contributed by atoms with E-state index in [4.69, 9.17) is 11.0 Å². The van der Waals surface area contributed by atoms with Crippen molar-refractivity contribution < 1.29 is 4.79 Å². The van der Waals surface area contributed by atoms with Gasteiger partial charge in [0.2, 0.25) is 5.91 Å². The van der Waals surface area contributed by atoms with Crippen LogP contribution in [0.2, 0.25) is 0 Å². The van der Waals surface area contributed by atoms with Crippen molar-refractivity contribution in [3.8, 4) is 17.2 Å². The van der Waals surface area contributed by atoms with Gasteiger partial charge in [0.05, 0.1) is 5.56 Å². The number of benzene rings is 1. The largest absolute Gasteiger partial charge is 0.389 e. The van der Waals surface area contributed by atoms with Gasteiger partial charge in [0, 0.05) is 23.6 Å². The highest BCUT2D eigenvalue weighted by Gasteiger charge is 2.10. The minimum atomic E-state index is -0.111. The standard InChI is InChI=1S/C13H11N3OS/c1-8(17)16-10-4-2-9(3-5-10)12-7-18-13(15)11(12)6-14/h2-5,7H,15H2,1H3,(H,16,17). The molecular formula is C13H11N3OS. The number of hydrogen-bond acceptors (Lipinski definition) is 4. The van der Waals surface area contributed by atoms with Gasteiger partial charge in [-0.3, -0.25) is 4.79 Å². The number of nitrogen functional groups attached to an aromatic ring is 1. The minimum Gasteiger partial charge on any atom is -0.389 e. The highest BCUT2D eigenvalue weighted by atomic mass is 32.1. The maximum absolute atomic E-state index is 10.9. The third-order valence-corrected chi connectivity index (χ3v) is 3.26. The van der Waals surface area contributed by atoms with Crippen molar-refractivity contribution >= 4 is 27.9 Å². The summed E-state index contributed by atoms with van der Waals surface area (Å²) in [4.78, 5) is 10.9. The molecule has 1 amide bonds. The summed E-state index contributed by atoms with van der Waals surface area (Å²) >= 11 is 1.35. The monoisotopic (exact) mass is 257 g/mol. The molecule has 0 bridgehead atoms. The quantitative estimate of drug-likeness (QED) is 0.868. The lowest BCUT2D eigenvalue weighted by molar-refractivity contribution is -0.114. The smallest absolute Gasteiger partial charge is 0.221 e. The number of hydrogen-bond donors (Lipinski definition) is 2. The summed E-state index contributed by atoms with van der Waals surface area (Å²) in [6.45, 7) is 1.46. The first kappa shape index (κ1) is 12.1. The highest BCUT2D eigenvalue weighted by Crippen LogP contribution is 2.33. The zero-order valence-electron chi connectivity index (χ0n) is 9.73. The number of nitrogens with two attached hydrogens (primary N) is 1. The van der Waals surface area contributed by atoms with E-state index in [1.54, 1.807) is 12.1 Å². The molecule has 0 saturated heterocycles. The van der Waals surface area contributed by atoms with Crippen LogP contribution in [0.4, 0.5) is 10.7 Å². The van der Waals surface area contributed by atoms with E-state index in [2.05, 4.69) is 11.4 Å². The van der Waals surface area contributed by atoms with Crippen LogP contribution in [-0.2, 0) is 4.79 Å². The summed E-state index contributed by atoms with van der Waals surface area (Å²) in [6, 6.07) is 9.41. The molecule has 0 aliphatic carbocycles. The average molecular weight is 257 g/mol. The van der Waals surface area contributed by atoms with Crippen LogP contribution in [0.3, 0.4) is 0 Å². The van der Waals surface area contributed by atoms with Gasteiger partial charge in [-0.1, -0.05) is 12.1 Å². The first-order valence-electron chi connectivity index (χ1n) is 5.27. The number of nitrogens with one attached hydrogen (secondary N) is 1. The Morgan fingerprint density at radius 2 is 2.06 bits per heavy atom. The van der Waals surface area contributed by atoms with Crippen LogP contribution in [-0.4, -0.2) is 5.91 Å². The van der Waals surface area contributed by atoms with Crippen LogP contribution in [0.25, 0.3) is 11.1 Å². The summed E-state index contributed by atoms with van der Waals surface area (Å²) in [5, 5.41) is 14.1. The molecule has 3 N–H and O–H groups in total. The molecule has 0 aliphatic heterocycles. The van der Waals surface area contributed by atoms with Crippen LogP contribution in [0.5, 0.6) is 0 Å². The summed E-state index contributed by atoms with van der Waals surface area (Å²) < 4.78 is 0. The molecule has 0 radical (unpaired) electrons. The van der Waals surface area contributed by atoms with Gasteiger partial charge in [-0.15, -0.1) is 11.3 Å². The average Bonchev–Trinajstić information content (AvgIpc) is 2.70. The number of amides is 1. The van der Waals surface area contributed by atoms with Crippen molar-refractivity contribution in [2.24, 2.45) is 0 Å². The van der Waals surface area contributed by atoms with E-state index in [-0.39, 0.29) is 5.91 Å². The van der Waals surface area contributed by atoms with Gasteiger partial charge >= 0.3 is 0 Å². The van der Waals surface area contributed by atoms with Crippen LogP contribution >= 0.6 is 11.3 Å². The maximum atomic E-state index is 10.9. The fourth-order valence-corrected chi connectivity index (χ4v) is 2.41. The predicted molar refractivity (Wildman–Crippen MR) is 73.2 cm³/mol. The van der Waals surface area contributed by atoms with E-state index in [0.29, 0.717) is 10.6 Å². The van der Waals surface area contributed by atoms with Gasteiger partial charge in [0.1, 0.15) is 11.1 Å². The molecule has 0 saturated carbocycles. The molecule has 4 nitrogen and oxygen atoms in total. The molecule has 90 valence electrons. The molecule has 0 fully saturated rings. The van der Waals surface area contributed by atoms with Gasteiger partial charge in [-0.2, -0.15) is 5.26 Å². The number of nitrogens with zero attached hydrogens (tertiary/aromatic N) is 1. The zero-order valence-corrected chi connectivity index (χ0v) is 10.5. The lowest BCUT2D eigenvalue weighted by Gasteiger charge is -2.04. The summed E-state index contributed by atoms with van der Waals surface area (Å²) in [5.41, 5.74) is 8.70. The second-order valence-electron chi connectivity index (χ2n) is 3.76. The van der Waals surface area contributed by atoms with Gasteiger partial charge < -0.3 is 11.1 Å². The normalized spacial score (nSPS) is 9.78.